The van der Waals surface area contributed by atoms with Crippen LogP contribution in [0.15, 0.2) is 4.74 Å². The number of carbonyl (C=O) groups excluding carboxylic acids is 1. The molecule has 0 aromatic heterocycles. The summed E-state index contributed by atoms with van der Waals surface area (Å²) in [7, 11) is 1.15. The fourth-order valence-electron chi connectivity index (χ4n) is 0.751. The zero-order valence-corrected chi connectivity index (χ0v) is 10.3. The molecule has 0 aromatic rings. The highest BCUT2D eigenvalue weighted by atomic mass is 31.0. The van der Waals surface area contributed by atoms with E-state index in [-0.39, 0.29) is 6.10 Å². The van der Waals surface area contributed by atoms with Crippen LogP contribution >= 0.6 is 9.03 Å². The van der Waals surface area contributed by atoms with E-state index in [1.807, 2.05) is 6.92 Å². The molecular weight excluding hydrogens is 201 g/mol. The number of carbonyl (C=O) groups is 1. The number of hydrogen-bond donors (Lipinski definition) is 0. The first-order valence-corrected chi connectivity index (χ1v) is 7.81. The van der Waals surface area contributed by atoms with Gasteiger partial charge in [0.1, 0.15) is 6.10 Å². The molecule has 0 bridgehead atoms. The molecule has 0 unspecified atom stereocenters. The van der Waals surface area contributed by atoms with E-state index in [4.69, 9.17) is 4.43 Å². The predicted molar refractivity (Wildman–Crippen MR) is 57.4 cm³/mol. The molecule has 0 saturated heterocycles. The normalized spacial score (nSPS) is 12.6. The number of amides is 1. The lowest BCUT2D eigenvalue weighted by Crippen LogP contribution is -2.29. The Kier molecular flexibility index (Phi) is 5.08. The van der Waals surface area contributed by atoms with Crippen molar-refractivity contribution in [3.63, 3.8) is 0 Å². The molecule has 13 heavy (non-hydrogen) atoms. The molecule has 72 valence electrons. The Hall–Kier alpha value is -0.493. The highest BCUT2D eigenvalue weighted by Gasteiger charge is 2.16. The van der Waals surface area contributed by atoms with Gasteiger partial charge < -0.3 is 4.43 Å². The Balaban J connectivity index is 4.12. The molecule has 0 aromatic carbocycles. The molecule has 0 saturated carbocycles. The molecule has 0 aliphatic heterocycles. The van der Waals surface area contributed by atoms with Crippen molar-refractivity contribution in [1.29, 1.82) is 0 Å². The van der Waals surface area contributed by atoms with E-state index >= 15 is 0 Å². The molecule has 0 N–H and O–H groups in total. The summed E-state index contributed by atoms with van der Waals surface area (Å²) in [4.78, 5) is 10.6. The van der Waals surface area contributed by atoms with Crippen LogP contribution in [-0.4, -0.2) is 20.3 Å². The maximum Gasteiger partial charge on any atom is 0.325 e. The van der Waals surface area contributed by atoms with Gasteiger partial charge in [0, 0.05) is 5.92 Å². The third-order valence-electron chi connectivity index (χ3n) is 1.01. The average Bonchev–Trinajstić information content (AvgIpc) is 1.97. The highest BCUT2D eigenvalue weighted by molar-refractivity contribution is 7.05. The summed E-state index contributed by atoms with van der Waals surface area (Å²) < 4.78 is 8.79. The summed E-state index contributed by atoms with van der Waals surface area (Å²) in [6, 6.07) is 0. The second-order valence-corrected chi connectivity index (χ2v) is 8.24. The zero-order valence-electron chi connectivity index (χ0n) is 8.34. The Labute approximate surface area is 82.3 Å². The molecule has 1 atom stereocenters. The van der Waals surface area contributed by atoms with E-state index in [0.717, 1.165) is 0 Å². The van der Waals surface area contributed by atoms with Crippen molar-refractivity contribution in [2.75, 3.05) is 0 Å². The van der Waals surface area contributed by atoms with Gasteiger partial charge in [-0.15, -0.1) is 0 Å². The Morgan fingerprint density at radius 1 is 1.54 bits per heavy atom. The van der Waals surface area contributed by atoms with Gasteiger partial charge in [0.15, 0.2) is 8.32 Å². The molecule has 5 heteroatoms. The monoisotopic (exact) mass is 215 g/mol. The van der Waals surface area contributed by atoms with Crippen molar-refractivity contribution in [1.82, 2.24) is 0 Å². The molecule has 0 rings (SSSR count). The van der Waals surface area contributed by atoms with Gasteiger partial charge in [-0.25, -0.2) is 0 Å². The smallest absolute Gasteiger partial charge is 0.325 e. The minimum Gasteiger partial charge on any atom is -0.404 e. The molecule has 0 aliphatic carbocycles. The standard InChI is InChI=1S/C8H14NO2PSi/c1-7(11-13(2,3)4)5-6-8(10)9-12/h7,12H,1-4H3/t7-/m1/s1. The van der Waals surface area contributed by atoms with Crippen molar-refractivity contribution in [2.45, 2.75) is 32.7 Å². The third-order valence-corrected chi connectivity index (χ3v) is 2.28. The van der Waals surface area contributed by atoms with Gasteiger partial charge in [0.2, 0.25) is 0 Å². The van der Waals surface area contributed by atoms with Crippen LogP contribution in [0.1, 0.15) is 6.92 Å². The minimum absolute atomic E-state index is 0.205. The van der Waals surface area contributed by atoms with Gasteiger partial charge >= 0.3 is 5.91 Å². The summed E-state index contributed by atoms with van der Waals surface area (Å²) >= 11 is 0. The Bertz CT molecular complexity index is 262. The van der Waals surface area contributed by atoms with Crippen molar-refractivity contribution < 1.29 is 9.22 Å². The summed E-state index contributed by atoms with van der Waals surface area (Å²) in [6.07, 6.45) is -0.205. The van der Waals surface area contributed by atoms with Crippen LogP contribution in [0.5, 0.6) is 0 Å². The van der Waals surface area contributed by atoms with Gasteiger partial charge in [-0.2, -0.15) is 4.74 Å². The van der Waals surface area contributed by atoms with Crippen LogP contribution in [0, 0.1) is 11.8 Å². The molecule has 0 radical (unpaired) electrons. The quantitative estimate of drug-likeness (QED) is 0.402. The first-order chi connectivity index (χ1) is 5.85. The Morgan fingerprint density at radius 3 is 2.46 bits per heavy atom. The first kappa shape index (κ1) is 12.5. The molecule has 0 aliphatic rings. The zero-order chi connectivity index (χ0) is 10.5. The lowest BCUT2D eigenvalue weighted by atomic mass is 10.4. The first-order valence-electron chi connectivity index (χ1n) is 3.96. The van der Waals surface area contributed by atoms with Gasteiger partial charge in [0.05, 0.1) is 0 Å². The largest absolute Gasteiger partial charge is 0.404 e. The van der Waals surface area contributed by atoms with E-state index in [9.17, 15) is 4.79 Å². The predicted octanol–water partition coefficient (Wildman–Crippen LogP) is 2.08. The lowest BCUT2D eigenvalue weighted by Gasteiger charge is -2.19. The van der Waals surface area contributed by atoms with Gasteiger partial charge in [0.25, 0.3) is 0 Å². The summed E-state index contributed by atoms with van der Waals surface area (Å²) in [6.45, 7) is 8.04. The number of hydrogen-bond acceptors (Lipinski definition) is 2. The number of nitrogens with zero attached hydrogens (tertiary/aromatic N) is 1. The van der Waals surface area contributed by atoms with Crippen LogP contribution in [0.3, 0.4) is 0 Å². The van der Waals surface area contributed by atoms with E-state index in [1.165, 1.54) is 0 Å². The fraction of sp³-hybridized carbons (Fsp3) is 0.625. The molecule has 3 nitrogen and oxygen atoms in total. The van der Waals surface area contributed by atoms with Gasteiger partial charge in [-0.1, -0.05) is 5.92 Å². The van der Waals surface area contributed by atoms with Crippen molar-refractivity contribution in [2.24, 2.45) is 4.74 Å². The van der Waals surface area contributed by atoms with Gasteiger partial charge in [-0.3, -0.25) is 4.79 Å². The van der Waals surface area contributed by atoms with Crippen LogP contribution < -0.4 is 0 Å². The van der Waals surface area contributed by atoms with Crippen molar-refractivity contribution in [3.05, 3.63) is 0 Å². The topological polar surface area (TPSA) is 38.7 Å². The van der Waals surface area contributed by atoms with Crippen LogP contribution in [-0.2, 0) is 9.22 Å². The van der Waals surface area contributed by atoms with Crippen LogP contribution in [0.2, 0.25) is 19.6 Å². The van der Waals surface area contributed by atoms with Crippen LogP contribution in [0.25, 0.3) is 0 Å². The Morgan fingerprint density at radius 2 is 2.08 bits per heavy atom. The second-order valence-electron chi connectivity index (χ2n) is 3.56. The van der Waals surface area contributed by atoms with E-state index < -0.39 is 14.2 Å². The highest BCUT2D eigenvalue weighted by Crippen LogP contribution is 2.05. The third kappa shape index (κ3) is 7.85. The lowest BCUT2D eigenvalue weighted by molar-refractivity contribution is -0.112. The van der Waals surface area contributed by atoms with E-state index in [1.54, 1.807) is 0 Å². The van der Waals surface area contributed by atoms with E-state index in [0.29, 0.717) is 0 Å². The summed E-state index contributed by atoms with van der Waals surface area (Å²) in [5, 5.41) is 0. The maximum atomic E-state index is 10.6. The molecule has 0 fully saturated rings. The van der Waals surface area contributed by atoms with Crippen molar-refractivity contribution >= 4 is 23.3 Å². The fourth-order valence-corrected chi connectivity index (χ4v) is 1.93. The van der Waals surface area contributed by atoms with Crippen molar-refractivity contribution in [3.8, 4) is 11.8 Å². The maximum absolute atomic E-state index is 10.6. The second kappa shape index (κ2) is 5.28. The number of rotatable bonds is 2. The van der Waals surface area contributed by atoms with Gasteiger partial charge in [-0.05, 0) is 35.6 Å². The summed E-state index contributed by atoms with van der Waals surface area (Å²) in [5.41, 5.74) is 0. The molecule has 0 spiro atoms. The summed E-state index contributed by atoms with van der Waals surface area (Å²) in [5.74, 6) is 4.54. The minimum atomic E-state index is -1.56. The SMILES string of the molecule is C[C@H](C#CC(=O)N=P)O[Si](C)(C)C. The van der Waals surface area contributed by atoms with Crippen LogP contribution in [0.4, 0.5) is 0 Å². The molecular formula is C8H14NO2PSi. The molecule has 0 heterocycles. The average molecular weight is 215 g/mol. The van der Waals surface area contributed by atoms with E-state index in [2.05, 4.69) is 45.3 Å². The molecule has 1 amide bonds.